The van der Waals surface area contributed by atoms with E-state index in [1.165, 1.54) is 16.7 Å². The first-order valence-electron chi connectivity index (χ1n) is 10.2. The minimum atomic E-state index is -0.589. The summed E-state index contributed by atoms with van der Waals surface area (Å²) in [6, 6.07) is 5.80. The molecule has 2 aromatic heterocycles. The van der Waals surface area contributed by atoms with Crippen LogP contribution in [0.1, 0.15) is 35.8 Å². The average molecular weight is 458 g/mol. The van der Waals surface area contributed by atoms with Crippen molar-refractivity contribution in [2.75, 3.05) is 6.54 Å². The lowest BCUT2D eigenvalue weighted by Gasteiger charge is -2.43. The van der Waals surface area contributed by atoms with Gasteiger partial charge in [-0.05, 0) is 31.5 Å². The number of fused-ring (bicyclic) bond motifs is 1. The van der Waals surface area contributed by atoms with Gasteiger partial charge >= 0.3 is 0 Å². The molecular formula is C22H24FN5O3S. The fraction of sp³-hybridized carbons (Fsp3) is 0.364. The number of amides is 1. The van der Waals surface area contributed by atoms with Gasteiger partial charge in [0.2, 0.25) is 11.7 Å². The zero-order valence-electron chi connectivity index (χ0n) is 17.8. The Morgan fingerprint density at radius 2 is 2.03 bits per heavy atom. The van der Waals surface area contributed by atoms with Crippen LogP contribution >= 0.6 is 11.3 Å². The van der Waals surface area contributed by atoms with Crippen LogP contribution in [0.2, 0.25) is 0 Å². The molecule has 1 aromatic carbocycles. The SMILES string of the molecule is CC1(C)c2nc(CC(=O)NCc3ccc(F)cc3)c(O)c(=O)n2CCN1Cc1cncs1. The van der Waals surface area contributed by atoms with E-state index in [0.29, 0.717) is 25.5 Å². The van der Waals surface area contributed by atoms with Crippen LogP contribution < -0.4 is 10.9 Å². The lowest BCUT2D eigenvalue weighted by molar-refractivity contribution is -0.120. The van der Waals surface area contributed by atoms with Crippen molar-refractivity contribution in [3.8, 4) is 5.75 Å². The number of hydrogen-bond donors (Lipinski definition) is 2. The molecule has 0 spiro atoms. The first-order valence-corrected chi connectivity index (χ1v) is 11.1. The highest BCUT2D eigenvalue weighted by Crippen LogP contribution is 2.32. The Balaban J connectivity index is 1.54. The molecule has 10 heteroatoms. The largest absolute Gasteiger partial charge is 0.502 e. The second-order valence-corrected chi connectivity index (χ2v) is 9.19. The number of nitrogens with one attached hydrogen (secondary N) is 1. The van der Waals surface area contributed by atoms with Crippen molar-refractivity contribution in [1.82, 2.24) is 24.8 Å². The molecule has 1 aliphatic rings. The van der Waals surface area contributed by atoms with E-state index in [1.54, 1.807) is 29.0 Å². The lowest BCUT2D eigenvalue weighted by atomic mass is 9.98. The summed E-state index contributed by atoms with van der Waals surface area (Å²) in [4.78, 5) is 37.3. The smallest absolute Gasteiger partial charge is 0.296 e. The molecule has 32 heavy (non-hydrogen) atoms. The van der Waals surface area contributed by atoms with Crippen LogP contribution in [0, 0.1) is 5.82 Å². The first kappa shape index (κ1) is 22.1. The number of halogens is 1. The van der Waals surface area contributed by atoms with Gasteiger partial charge in [-0.25, -0.2) is 9.37 Å². The highest BCUT2D eigenvalue weighted by atomic mass is 32.1. The predicted octanol–water partition coefficient (Wildman–Crippen LogP) is 2.15. The third-order valence-electron chi connectivity index (χ3n) is 5.71. The van der Waals surface area contributed by atoms with E-state index in [2.05, 4.69) is 20.2 Å². The molecule has 0 saturated carbocycles. The van der Waals surface area contributed by atoms with Gasteiger partial charge in [0.25, 0.3) is 5.56 Å². The molecule has 0 fully saturated rings. The molecule has 3 heterocycles. The predicted molar refractivity (Wildman–Crippen MR) is 118 cm³/mol. The Kier molecular flexibility index (Phi) is 6.07. The summed E-state index contributed by atoms with van der Waals surface area (Å²) in [7, 11) is 0. The molecule has 2 N–H and O–H groups in total. The third kappa shape index (κ3) is 4.42. The van der Waals surface area contributed by atoms with Gasteiger partial charge < -0.3 is 10.4 Å². The standard InChI is InChI=1S/C22H24FN5O3S/c1-22(2)21-26-17(9-18(29)25-10-14-3-5-15(23)6-4-14)19(30)20(31)28(21)8-7-27(22)12-16-11-24-13-32-16/h3-6,11,13,30H,7-10,12H2,1-2H3,(H,25,29). The van der Waals surface area contributed by atoms with Crippen LogP contribution in [0.3, 0.4) is 0 Å². The second-order valence-electron chi connectivity index (χ2n) is 8.22. The number of thiazole rings is 1. The molecule has 3 aromatic rings. The van der Waals surface area contributed by atoms with E-state index >= 15 is 0 Å². The Hall–Kier alpha value is -3.11. The average Bonchev–Trinajstić information content (AvgIpc) is 3.27. The van der Waals surface area contributed by atoms with Crippen molar-refractivity contribution < 1.29 is 14.3 Å². The number of hydrogen-bond acceptors (Lipinski definition) is 7. The quantitative estimate of drug-likeness (QED) is 0.588. The van der Waals surface area contributed by atoms with Gasteiger partial charge in [-0.3, -0.25) is 24.0 Å². The molecule has 4 rings (SSSR count). The Morgan fingerprint density at radius 3 is 2.72 bits per heavy atom. The fourth-order valence-corrected chi connectivity index (χ4v) is 4.44. The van der Waals surface area contributed by atoms with E-state index in [1.807, 2.05) is 20.0 Å². The van der Waals surface area contributed by atoms with Crippen LogP contribution in [0.15, 0.2) is 40.8 Å². The minimum Gasteiger partial charge on any atom is -0.502 e. The number of rotatable bonds is 6. The number of aromatic hydroxyl groups is 1. The van der Waals surface area contributed by atoms with Crippen LogP contribution in [-0.4, -0.2) is 37.0 Å². The minimum absolute atomic E-state index is 0.0468. The monoisotopic (exact) mass is 457 g/mol. The topological polar surface area (TPSA) is 100 Å². The number of benzene rings is 1. The third-order valence-corrected chi connectivity index (χ3v) is 6.47. The molecule has 0 aliphatic carbocycles. The highest BCUT2D eigenvalue weighted by Gasteiger charge is 2.38. The zero-order valence-corrected chi connectivity index (χ0v) is 18.7. The van der Waals surface area contributed by atoms with Gasteiger partial charge in [-0.15, -0.1) is 11.3 Å². The summed E-state index contributed by atoms with van der Waals surface area (Å²) in [5.41, 5.74) is 1.44. The van der Waals surface area contributed by atoms with E-state index in [9.17, 15) is 19.1 Å². The molecule has 0 bridgehead atoms. The Morgan fingerprint density at radius 1 is 1.28 bits per heavy atom. The van der Waals surface area contributed by atoms with E-state index in [-0.39, 0.29) is 24.5 Å². The molecular weight excluding hydrogens is 433 g/mol. The second kappa shape index (κ2) is 8.79. The Labute approximate surface area is 188 Å². The van der Waals surface area contributed by atoms with E-state index in [4.69, 9.17) is 0 Å². The van der Waals surface area contributed by atoms with Gasteiger partial charge in [0.15, 0.2) is 0 Å². The van der Waals surface area contributed by atoms with Crippen LogP contribution in [0.4, 0.5) is 4.39 Å². The first-order chi connectivity index (χ1) is 15.3. The molecule has 0 saturated heterocycles. The molecule has 1 aliphatic heterocycles. The van der Waals surface area contributed by atoms with Gasteiger partial charge in [0, 0.05) is 37.3 Å². The maximum atomic E-state index is 13.0. The number of carbonyl (C=O) groups excluding carboxylic acids is 1. The summed E-state index contributed by atoms with van der Waals surface area (Å²) < 4.78 is 14.5. The van der Waals surface area contributed by atoms with Crippen LogP contribution in [0.5, 0.6) is 5.75 Å². The van der Waals surface area contributed by atoms with Gasteiger partial charge in [0.05, 0.1) is 23.2 Å². The number of aromatic nitrogens is 3. The van der Waals surface area contributed by atoms with Crippen molar-refractivity contribution in [1.29, 1.82) is 0 Å². The fourth-order valence-electron chi connectivity index (χ4n) is 3.83. The summed E-state index contributed by atoms with van der Waals surface area (Å²) >= 11 is 1.56. The van der Waals surface area contributed by atoms with Crippen LogP contribution in [-0.2, 0) is 36.4 Å². The van der Waals surface area contributed by atoms with Gasteiger partial charge in [-0.1, -0.05) is 12.1 Å². The van der Waals surface area contributed by atoms with E-state index in [0.717, 1.165) is 10.4 Å². The maximum absolute atomic E-state index is 13.0. The van der Waals surface area contributed by atoms with E-state index < -0.39 is 22.8 Å². The van der Waals surface area contributed by atoms with Crippen molar-refractivity contribution >= 4 is 17.2 Å². The van der Waals surface area contributed by atoms with Crippen molar-refractivity contribution in [3.63, 3.8) is 0 Å². The van der Waals surface area contributed by atoms with Crippen molar-refractivity contribution in [3.05, 3.63) is 74.1 Å². The van der Waals surface area contributed by atoms with Gasteiger partial charge in [0.1, 0.15) is 11.6 Å². The number of nitrogens with zero attached hydrogens (tertiary/aromatic N) is 4. The van der Waals surface area contributed by atoms with Crippen LogP contribution in [0.25, 0.3) is 0 Å². The highest BCUT2D eigenvalue weighted by molar-refractivity contribution is 7.09. The molecule has 1 amide bonds. The summed E-state index contributed by atoms with van der Waals surface area (Å²) in [5, 5.41) is 13.1. The molecule has 0 unspecified atom stereocenters. The van der Waals surface area contributed by atoms with Crippen molar-refractivity contribution in [2.24, 2.45) is 0 Å². The molecule has 0 atom stereocenters. The Bertz CT molecular complexity index is 1180. The molecule has 0 radical (unpaired) electrons. The molecule has 168 valence electrons. The van der Waals surface area contributed by atoms with Gasteiger partial charge in [-0.2, -0.15) is 0 Å². The zero-order chi connectivity index (χ0) is 22.9. The number of carbonyl (C=O) groups is 1. The summed E-state index contributed by atoms with van der Waals surface area (Å²) in [5.74, 6) is -0.734. The van der Waals surface area contributed by atoms with Crippen molar-refractivity contribution in [2.45, 2.75) is 45.4 Å². The lowest BCUT2D eigenvalue weighted by Crippen LogP contribution is -2.52. The molecule has 8 nitrogen and oxygen atoms in total. The maximum Gasteiger partial charge on any atom is 0.296 e. The summed E-state index contributed by atoms with van der Waals surface area (Å²) in [6.45, 7) is 5.84. The normalized spacial score (nSPS) is 15.3. The summed E-state index contributed by atoms with van der Waals surface area (Å²) in [6.07, 6.45) is 1.59.